The van der Waals surface area contributed by atoms with E-state index in [1.165, 1.54) is 4.90 Å². The number of halogens is 1. The third-order valence-corrected chi connectivity index (χ3v) is 3.72. The molecule has 0 spiro atoms. The van der Waals surface area contributed by atoms with Gasteiger partial charge in [0.15, 0.2) is 0 Å². The van der Waals surface area contributed by atoms with Crippen molar-refractivity contribution in [2.75, 3.05) is 18.8 Å². The van der Waals surface area contributed by atoms with E-state index in [1.54, 1.807) is 0 Å². The molecule has 1 fully saturated rings. The molecule has 1 aromatic rings. The molecule has 0 aliphatic carbocycles. The predicted octanol–water partition coefficient (Wildman–Crippen LogP) is 1.55. The lowest BCUT2D eigenvalue weighted by atomic mass is 10.0. The van der Waals surface area contributed by atoms with Crippen LogP contribution in [0.25, 0.3) is 0 Å². The zero-order valence-electron chi connectivity index (χ0n) is 10.2. The summed E-state index contributed by atoms with van der Waals surface area (Å²) in [6.07, 6.45) is -0.503. The van der Waals surface area contributed by atoms with Gasteiger partial charge in [-0.3, -0.25) is 0 Å². The topological polar surface area (TPSA) is 63.7 Å². The standard InChI is InChI=1S/C12H14FNO4S/c13-19(16,17)9-11-6-14(7-11)12(15)18-8-10-4-2-1-3-5-10/h1-5,11H,6-9H2. The van der Waals surface area contributed by atoms with E-state index < -0.39 is 22.1 Å². The highest BCUT2D eigenvalue weighted by Gasteiger charge is 2.34. The minimum atomic E-state index is -4.47. The van der Waals surface area contributed by atoms with Crippen molar-refractivity contribution in [1.82, 2.24) is 4.90 Å². The van der Waals surface area contributed by atoms with Crippen molar-refractivity contribution < 1.29 is 21.8 Å². The molecule has 0 N–H and O–H groups in total. The molecule has 104 valence electrons. The summed E-state index contributed by atoms with van der Waals surface area (Å²) in [6, 6.07) is 9.22. The van der Waals surface area contributed by atoms with E-state index in [2.05, 4.69) is 0 Å². The van der Waals surface area contributed by atoms with Gasteiger partial charge in [0.25, 0.3) is 0 Å². The number of amides is 1. The second kappa shape index (κ2) is 5.56. The Kier molecular flexibility index (Phi) is 4.04. The third-order valence-electron chi connectivity index (χ3n) is 2.86. The lowest BCUT2D eigenvalue weighted by Gasteiger charge is -2.37. The zero-order valence-corrected chi connectivity index (χ0v) is 11.0. The van der Waals surface area contributed by atoms with Gasteiger partial charge in [-0.25, -0.2) is 4.79 Å². The van der Waals surface area contributed by atoms with Gasteiger partial charge in [-0.05, 0) is 5.56 Å². The van der Waals surface area contributed by atoms with Crippen LogP contribution in [0.5, 0.6) is 0 Å². The maximum atomic E-state index is 12.4. The van der Waals surface area contributed by atoms with Gasteiger partial charge in [0.05, 0.1) is 5.75 Å². The molecule has 1 aromatic carbocycles. The first-order valence-corrected chi connectivity index (χ1v) is 7.37. The van der Waals surface area contributed by atoms with E-state index >= 15 is 0 Å². The van der Waals surface area contributed by atoms with Gasteiger partial charge >= 0.3 is 16.3 Å². The molecular formula is C12H14FNO4S. The second-order valence-electron chi connectivity index (χ2n) is 4.52. The van der Waals surface area contributed by atoms with Crippen LogP contribution < -0.4 is 0 Å². The number of rotatable bonds is 4. The van der Waals surface area contributed by atoms with E-state index in [-0.39, 0.29) is 25.6 Å². The number of nitrogens with zero attached hydrogens (tertiary/aromatic N) is 1. The molecule has 0 bridgehead atoms. The molecule has 0 unspecified atom stereocenters. The molecule has 1 saturated heterocycles. The largest absolute Gasteiger partial charge is 0.445 e. The Morgan fingerprint density at radius 1 is 1.32 bits per heavy atom. The van der Waals surface area contributed by atoms with Crippen molar-refractivity contribution in [2.24, 2.45) is 5.92 Å². The highest BCUT2D eigenvalue weighted by Crippen LogP contribution is 2.19. The Bertz CT molecular complexity index is 540. The summed E-state index contributed by atoms with van der Waals surface area (Å²) in [5, 5.41) is 0. The van der Waals surface area contributed by atoms with Crippen LogP contribution in [0.15, 0.2) is 30.3 Å². The van der Waals surface area contributed by atoms with Crippen molar-refractivity contribution in [3.63, 3.8) is 0 Å². The van der Waals surface area contributed by atoms with Crippen molar-refractivity contribution in [3.05, 3.63) is 35.9 Å². The molecule has 19 heavy (non-hydrogen) atoms. The molecule has 1 aliphatic heterocycles. The first-order valence-electron chi connectivity index (χ1n) is 5.82. The maximum absolute atomic E-state index is 12.4. The molecule has 1 heterocycles. The molecular weight excluding hydrogens is 273 g/mol. The third kappa shape index (κ3) is 4.20. The Morgan fingerprint density at radius 3 is 2.53 bits per heavy atom. The van der Waals surface area contributed by atoms with Crippen molar-refractivity contribution in [1.29, 1.82) is 0 Å². The normalized spacial score (nSPS) is 15.9. The molecule has 0 atom stereocenters. The van der Waals surface area contributed by atoms with Gasteiger partial charge < -0.3 is 9.64 Å². The van der Waals surface area contributed by atoms with Crippen molar-refractivity contribution in [2.45, 2.75) is 6.61 Å². The highest BCUT2D eigenvalue weighted by molar-refractivity contribution is 7.86. The van der Waals surface area contributed by atoms with Crippen molar-refractivity contribution in [3.8, 4) is 0 Å². The fourth-order valence-electron chi connectivity index (χ4n) is 1.92. The lowest BCUT2D eigenvalue weighted by Crippen LogP contribution is -2.52. The highest BCUT2D eigenvalue weighted by atomic mass is 32.3. The Labute approximate surface area is 111 Å². The second-order valence-corrected chi connectivity index (χ2v) is 5.93. The van der Waals surface area contributed by atoms with Crippen LogP contribution in [-0.4, -0.2) is 38.3 Å². The summed E-state index contributed by atoms with van der Waals surface area (Å²) in [4.78, 5) is 12.9. The quantitative estimate of drug-likeness (QED) is 0.788. The minimum Gasteiger partial charge on any atom is -0.445 e. The molecule has 5 nitrogen and oxygen atoms in total. The minimum absolute atomic E-state index is 0.169. The van der Waals surface area contributed by atoms with Crippen LogP contribution in [0.4, 0.5) is 8.68 Å². The number of likely N-dealkylation sites (tertiary alicyclic amines) is 1. The summed E-state index contributed by atoms with van der Waals surface area (Å²) >= 11 is 0. The molecule has 0 radical (unpaired) electrons. The first kappa shape index (κ1) is 13.8. The molecule has 7 heteroatoms. The number of benzene rings is 1. The summed E-state index contributed by atoms with van der Waals surface area (Å²) in [6.45, 7) is 0.607. The Balaban J connectivity index is 1.72. The molecule has 1 aliphatic rings. The number of ether oxygens (including phenoxy) is 1. The van der Waals surface area contributed by atoms with Gasteiger partial charge in [-0.2, -0.15) is 8.42 Å². The van der Waals surface area contributed by atoms with Crippen molar-refractivity contribution >= 4 is 16.3 Å². The van der Waals surface area contributed by atoms with Crippen LogP contribution in [0.2, 0.25) is 0 Å². The number of carbonyl (C=O) groups is 1. The molecule has 2 rings (SSSR count). The smallest absolute Gasteiger partial charge is 0.410 e. The Morgan fingerprint density at radius 2 is 1.95 bits per heavy atom. The number of carbonyl (C=O) groups excluding carboxylic acids is 1. The average molecular weight is 287 g/mol. The predicted molar refractivity (Wildman–Crippen MR) is 66.6 cm³/mol. The summed E-state index contributed by atoms with van der Waals surface area (Å²) in [5.41, 5.74) is 0.874. The average Bonchev–Trinajstić information content (AvgIpc) is 2.30. The summed E-state index contributed by atoms with van der Waals surface area (Å²) in [5.74, 6) is -0.866. The summed E-state index contributed by atoms with van der Waals surface area (Å²) < 4.78 is 38.3. The van der Waals surface area contributed by atoms with Gasteiger partial charge in [0.1, 0.15) is 6.61 Å². The Hall–Kier alpha value is -1.63. The van der Waals surface area contributed by atoms with Gasteiger partial charge in [-0.1, -0.05) is 30.3 Å². The van der Waals surface area contributed by atoms with Crippen LogP contribution in [0.3, 0.4) is 0 Å². The fourth-order valence-corrected chi connectivity index (χ4v) is 2.69. The molecule has 0 aromatic heterocycles. The van der Waals surface area contributed by atoms with E-state index in [4.69, 9.17) is 4.74 Å². The van der Waals surface area contributed by atoms with E-state index in [0.717, 1.165) is 5.56 Å². The monoisotopic (exact) mass is 287 g/mol. The fraction of sp³-hybridized carbons (Fsp3) is 0.417. The lowest BCUT2D eigenvalue weighted by molar-refractivity contribution is 0.0547. The van der Waals surface area contributed by atoms with E-state index in [9.17, 15) is 17.1 Å². The van der Waals surface area contributed by atoms with Gasteiger partial charge in [-0.15, -0.1) is 3.89 Å². The van der Waals surface area contributed by atoms with Crippen LogP contribution in [-0.2, 0) is 21.6 Å². The zero-order chi connectivity index (χ0) is 13.9. The van der Waals surface area contributed by atoms with Crippen LogP contribution in [0, 0.1) is 5.92 Å². The summed E-state index contributed by atoms with van der Waals surface area (Å²) in [7, 11) is -4.47. The van der Waals surface area contributed by atoms with E-state index in [1.807, 2.05) is 30.3 Å². The molecule has 0 saturated carbocycles. The van der Waals surface area contributed by atoms with Gasteiger partial charge in [0.2, 0.25) is 0 Å². The maximum Gasteiger partial charge on any atom is 0.410 e. The van der Waals surface area contributed by atoms with Gasteiger partial charge in [0, 0.05) is 19.0 Å². The van der Waals surface area contributed by atoms with Crippen LogP contribution in [0.1, 0.15) is 5.56 Å². The number of hydrogen-bond donors (Lipinski definition) is 0. The first-order chi connectivity index (χ1) is 8.94. The number of hydrogen-bond acceptors (Lipinski definition) is 4. The molecule has 1 amide bonds. The van der Waals surface area contributed by atoms with E-state index in [0.29, 0.717) is 0 Å². The SMILES string of the molecule is O=C(OCc1ccccc1)N1CC(CS(=O)(=O)F)C1. The van der Waals surface area contributed by atoms with Crippen LogP contribution >= 0.6 is 0 Å².